The first-order valence-electron chi connectivity index (χ1n) is 8.89. The minimum Gasteiger partial charge on any atom is -0.478 e. The molecule has 0 fully saturated rings. The average molecular weight is 414 g/mol. The van der Waals surface area contributed by atoms with E-state index in [1.54, 1.807) is 25.1 Å². The molecule has 4 aromatic rings. The maximum absolute atomic E-state index is 14.8. The molecule has 8 heteroatoms. The number of hydrogen-bond acceptors (Lipinski definition) is 2. The van der Waals surface area contributed by atoms with Crippen LogP contribution >= 0.6 is 0 Å². The van der Waals surface area contributed by atoms with Crippen molar-refractivity contribution in [2.24, 2.45) is 0 Å². The SMILES string of the molecule is Cc1cccc2c1nc(-c1c(F)cc(C(=O)O)cc1F)n2Cc1c(F)cccc1F. The largest absolute Gasteiger partial charge is 0.478 e. The lowest BCUT2D eigenvalue weighted by molar-refractivity contribution is 0.0695. The molecule has 0 unspecified atom stereocenters. The molecule has 30 heavy (non-hydrogen) atoms. The molecule has 0 radical (unpaired) electrons. The fourth-order valence-corrected chi connectivity index (χ4v) is 3.39. The highest BCUT2D eigenvalue weighted by molar-refractivity contribution is 5.89. The molecule has 0 aliphatic rings. The van der Waals surface area contributed by atoms with Gasteiger partial charge in [-0.25, -0.2) is 27.3 Å². The van der Waals surface area contributed by atoms with E-state index in [9.17, 15) is 22.4 Å². The number of para-hydroxylation sites is 1. The number of carboxylic acids is 1. The van der Waals surface area contributed by atoms with Crippen molar-refractivity contribution >= 4 is 17.0 Å². The van der Waals surface area contributed by atoms with Crippen molar-refractivity contribution in [3.8, 4) is 11.4 Å². The molecule has 0 saturated carbocycles. The lowest BCUT2D eigenvalue weighted by atomic mass is 10.1. The van der Waals surface area contributed by atoms with Crippen molar-refractivity contribution in [3.05, 3.63) is 88.5 Å². The van der Waals surface area contributed by atoms with Gasteiger partial charge in [-0.3, -0.25) is 0 Å². The van der Waals surface area contributed by atoms with E-state index in [2.05, 4.69) is 4.98 Å². The van der Waals surface area contributed by atoms with Crippen LogP contribution in [0, 0.1) is 30.2 Å². The van der Waals surface area contributed by atoms with Crippen LogP contribution in [0.3, 0.4) is 0 Å². The van der Waals surface area contributed by atoms with Crippen molar-refractivity contribution in [1.29, 1.82) is 0 Å². The number of nitrogens with zero attached hydrogens (tertiary/aromatic N) is 2. The maximum Gasteiger partial charge on any atom is 0.335 e. The zero-order chi connectivity index (χ0) is 21.6. The van der Waals surface area contributed by atoms with Crippen LogP contribution in [0.4, 0.5) is 17.6 Å². The highest BCUT2D eigenvalue weighted by atomic mass is 19.1. The van der Waals surface area contributed by atoms with Crippen LogP contribution in [-0.4, -0.2) is 20.6 Å². The molecule has 1 heterocycles. The van der Waals surface area contributed by atoms with Gasteiger partial charge in [0.25, 0.3) is 0 Å². The normalized spacial score (nSPS) is 11.2. The number of aromatic nitrogens is 2. The molecule has 0 aliphatic heterocycles. The predicted molar refractivity (Wildman–Crippen MR) is 102 cm³/mol. The Labute approximate surface area is 168 Å². The summed E-state index contributed by atoms with van der Waals surface area (Å²) in [4.78, 5) is 15.4. The third kappa shape index (κ3) is 3.20. The Balaban J connectivity index is 2.01. The Morgan fingerprint density at radius 3 is 2.17 bits per heavy atom. The number of halogens is 4. The van der Waals surface area contributed by atoms with Crippen LogP contribution in [0.5, 0.6) is 0 Å². The first kappa shape index (κ1) is 19.6. The third-order valence-corrected chi connectivity index (χ3v) is 4.87. The Morgan fingerprint density at radius 2 is 1.57 bits per heavy atom. The summed E-state index contributed by atoms with van der Waals surface area (Å²) in [6.45, 7) is 1.38. The number of imidazole rings is 1. The fourth-order valence-electron chi connectivity index (χ4n) is 3.39. The summed E-state index contributed by atoms with van der Waals surface area (Å²) in [5.41, 5.74) is 0.103. The summed E-state index contributed by atoms with van der Waals surface area (Å²) >= 11 is 0. The van der Waals surface area contributed by atoms with Crippen molar-refractivity contribution in [2.45, 2.75) is 13.5 Å². The minimum absolute atomic E-state index is 0.200. The van der Waals surface area contributed by atoms with Crippen molar-refractivity contribution in [3.63, 3.8) is 0 Å². The molecule has 0 aliphatic carbocycles. The Hall–Kier alpha value is -3.68. The van der Waals surface area contributed by atoms with E-state index in [1.807, 2.05) is 0 Å². The van der Waals surface area contributed by atoms with Gasteiger partial charge < -0.3 is 9.67 Å². The standard InChI is InChI=1S/C22H14F4N2O2/c1-11-4-2-7-18-20(11)27-21(19-16(25)8-12(22(29)30)9-17(19)26)28(18)10-13-14(23)5-3-6-15(13)24/h2-9H,10H2,1H3,(H,29,30). The van der Waals surface area contributed by atoms with Gasteiger partial charge in [0.2, 0.25) is 0 Å². The van der Waals surface area contributed by atoms with Gasteiger partial charge >= 0.3 is 5.97 Å². The van der Waals surface area contributed by atoms with Gasteiger partial charge in [0.05, 0.1) is 28.7 Å². The van der Waals surface area contributed by atoms with E-state index in [1.165, 1.54) is 10.6 Å². The number of rotatable bonds is 4. The highest BCUT2D eigenvalue weighted by Crippen LogP contribution is 2.32. The smallest absolute Gasteiger partial charge is 0.335 e. The Bertz CT molecular complexity index is 1270. The number of fused-ring (bicyclic) bond motifs is 1. The molecule has 152 valence electrons. The molecular weight excluding hydrogens is 400 g/mol. The second-order valence-corrected chi connectivity index (χ2v) is 6.78. The lowest BCUT2D eigenvalue weighted by Gasteiger charge is -2.12. The molecule has 4 rings (SSSR count). The second-order valence-electron chi connectivity index (χ2n) is 6.78. The summed E-state index contributed by atoms with van der Waals surface area (Å²) in [6, 6.07) is 9.82. The quantitative estimate of drug-likeness (QED) is 0.460. The van der Waals surface area contributed by atoms with Gasteiger partial charge in [-0.2, -0.15) is 0 Å². The molecule has 1 aromatic heterocycles. The number of aryl methyl sites for hydroxylation is 1. The van der Waals surface area contributed by atoms with E-state index in [0.717, 1.165) is 12.1 Å². The number of hydrogen-bond donors (Lipinski definition) is 1. The van der Waals surface area contributed by atoms with Gasteiger partial charge in [0, 0.05) is 5.56 Å². The van der Waals surface area contributed by atoms with Crippen LogP contribution in [0.1, 0.15) is 21.5 Å². The zero-order valence-corrected chi connectivity index (χ0v) is 15.6. The third-order valence-electron chi connectivity index (χ3n) is 4.87. The topological polar surface area (TPSA) is 55.1 Å². The molecule has 0 spiro atoms. The summed E-state index contributed by atoms with van der Waals surface area (Å²) in [5, 5.41) is 9.02. The molecule has 0 bridgehead atoms. The lowest BCUT2D eigenvalue weighted by Crippen LogP contribution is -2.09. The molecule has 0 amide bonds. The number of carboxylic acid groups (broad SMARTS) is 1. The van der Waals surface area contributed by atoms with Gasteiger partial charge in [-0.05, 0) is 42.8 Å². The number of aromatic carboxylic acids is 1. The van der Waals surface area contributed by atoms with Crippen LogP contribution in [-0.2, 0) is 6.54 Å². The summed E-state index contributed by atoms with van der Waals surface area (Å²) < 4.78 is 59.4. The van der Waals surface area contributed by atoms with Gasteiger partial charge in [-0.1, -0.05) is 18.2 Å². The predicted octanol–water partition coefficient (Wildman–Crippen LogP) is 5.31. The Kier molecular flexibility index (Phi) is 4.77. The number of benzene rings is 3. The summed E-state index contributed by atoms with van der Waals surface area (Å²) in [6.07, 6.45) is 0. The highest BCUT2D eigenvalue weighted by Gasteiger charge is 2.24. The van der Waals surface area contributed by atoms with E-state index < -0.39 is 40.4 Å². The maximum atomic E-state index is 14.8. The van der Waals surface area contributed by atoms with Crippen LogP contribution in [0.15, 0.2) is 48.5 Å². The van der Waals surface area contributed by atoms with E-state index in [-0.39, 0.29) is 17.9 Å². The molecule has 1 N–H and O–H groups in total. The second kappa shape index (κ2) is 7.29. The van der Waals surface area contributed by atoms with Crippen molar-refractivity contribution in [2.75, 3.05) is 0 Å². The summed E-state index contributed by atoms with van der Waals surface area (Å²) in [7, 11) is 0. The Morgan fingerprint density at radius 1 is 0.967 bits per heavy atom. The molecule has 4 nitrogen and oxygen atoms in total. The minimum atomic E-state index is -1.49. The fraction of sp³-hybridized carbons (Fsp3) is 0.0909. The molecule has 3 aromatic carbocycles. The van der Waals surface area contributed by atoms with E-state index >= 15 is 0 Å². The summed E-state index contributed by atoms with van der Waals surface area (Å²) in [5.74, 6) is -5.59. The van der Waals surface area contributed by atoms with Crippen LogP contribution < -0.4 is 0 Å². The monoisotopic (exact) mass is 414 g/mol. The van der Waals surface area contributed by atoms with Crippen LogP contribution in [0.2, 0.25) is 0 Å². The van der Waals surface area contributed by atoms with Crippen molar-refractivity contribution in [1.82, 2.24) is 9.55 Å². The first-order valence-corrected chi connectivity index (χ1v) is 8.89. The average Bonchev–Trinajstić information content (AvgIpc) is 3.03. The van der Waals surface area contributed by atoms with Gasteiger partial charge in [0.15, 0.2) is 0 Å². The van der Waals surface area contributed by atoms with E-state index in [0.29, 0.717) is 28.7 Å². The van der Waals surface area contributed by atoms with Gasteiger partial charge in [0.1, 0.15) is 29.1 Å². The van der Waals surface area contributed by atoms with Crippen LogP contribution in [0.25, 0.3) is 22.4 Å². The van der Waals surface area contributed by atoms with Gasteiger partial charge in [-0.15, -0.1) is 0 Å². The van der Waals surface area contributed by atoms with Crippen molar-refractivity contribution < 1.29 is 27.5 Å². The molecule has 0 atom stereocenters. The molecular formula is C22H14F4N2O2. The van der Waals surface area contributed by atoms with E-state index in [4.69, 9.17) is 5.11 Å². The molecule has 0 saturated heterocycles. The number of carbonyl (C=O) groups is 1. The first-order chi connectivity index (χ1) is 14.3. The zero-order valence-electron chi connectivity index (χ0n) is 15.6.